The fourth-order valence-electron chi connectivity index (χ4n) is 8.77. The first-order chi connectivity index (χ1) is 39.3. The number of aromatic amines is 2. The molecule has 9 atom stereocenters. The summed E-state index contributed by atoms with van der Waals surface area (Å²) in [6.45, 7) is 11.3. The van der Waals surface area contributed by atoms with E-state index < -0.39 is 132 Å². The molecule has 452 valence electrons. The molecule has 0 aliphatic carbocycles. The third kappa shape index (κ3) is 22.2. The summed E-state index contributed by atoms with van der Waals surface area (Å²) in [6, 6.07) is 5.01. The molecular formula is C56H81N15O11S. The van der Waals surface area contributed by atoms with Crippen LogP contribution in [0.15, 0.2) is 73.3 Å². The third-order valence-corrected chi connectivity index (χ3v) is 13.6. The lowest BCUT2D eigenvalue weighted by Gasteiger charge is -2.27. The highest BCUT2D eigenvalue weighted by molar-refractivity contribution is 7.80. The van der Waals surface area contributed by atoms with Gasteiger partial charge in [0.15, 0.2) is 0 Å². The van der Waals surface area contributed by atoms with Crippen LogP contribution in [0.5, 0.6) is 0 Å². The van der Waals surface area contributed by atoms with Crippen LogP contribution in [0.3, 0.4) is 0 Å². The van der Waals surface area contributed by atoms with Gasteiger partial charge in [-0.3, -0.25) is 52.7 Å². The number of nitrogens with two attached hydrogens (primary N) is 3. The van der Waals surface area contributed by atoms with Gasteiger partial charge in [-0.05, 0) is 67.6 Å². The predicted molar refractivity (Wildman–Crippen MR) is 312 cm³/mol. The van der Waals surface area contributed by atoms with Gasteiger partial charge in [-0.2, -0.15) is 12.6 Å². The molecule has 0 unspecified atom stereocenters. The summed E-state index contributed by atoms with van der Waals surface area (Å²) in [7, 11) is 0. The standard InChI is InChI=1S/C56H81N15O11S/c1-29(2)19-40(48(59)74)67-53(79)41(20-30(3)4)68-54(80)43(23-35-25-60-28-63-35)70-55(81)44(27-83)65-46(73)26-62-56(82)47(31(5)6)71-49(75)32(7)64-52(78)42(22-34-24-61-38-16-12-11-15-36(34)38)69-51(77)39(17-18-45(58)72)66-50(76)37(57)21-33-13-9-8-10-14-33/h8-16,24-25,28-32,37,39-44,47,61,83H,17-23,26-27,57H2,1-7H3,(H2,58,72)(H2,59,74)(H,60,63)(H,62,82)(H,64,78)(H,65,73)(H,66,76)(H,67,79)(H,68,80)(H,69,77)(H,70,81)(H,71,75)/t32-,37+,39-,40-,41-,42-,43-,44-,47-/m0/s1. The number of imidazole rings is 1. The molecule has 11 amide bonds. The van der Waals surface area contributed by atoms with Crippen molar-refractivity contribution in [2.75, 3.05) is 12.3 Å². The van der Waals surface area contributed by atoms with Crippen LogP contribution in [-0.4, -0.2) is 147 Å². The Morgan fingerprint density at radius 3 is 1.72 bits per heavy atom. The number of fused-ring (bicyclic) bond motifs is 1. The Labute approximate surface area is 487 Å². The molecule has 0 fully saturated rings. The maximum atomic E-state index is 14.2. The van der Waals surface area contributed by atoms with Gasteiger partial charge < -0.3 is 75.0 Å². The lowest BCUT2D eigenvalue weighted by atomic mass is 9.99. The van der Waals surface area contributed by atoms with Crippen molar-refractivity contribution in [1.82, 2.24) is 62.8 Å². The van der Waals surface area contributed by atoms with Gasteiger partial charge in [-0.1, -0.05) is 90.1 Å². The molecule has 4 aromatic rings. The maximum absolute atomic E-state index is 14.2. The number of thiol groups is 1. The minimum atomic E-state index is -1.37. The highest BCUT2D eigenvalue weighted by Gasteiger charge is 2.35. The molecule has 2 heterocycles. The zero-order chi connectivity index (χ0) is 61.5. The van der Waals surface area contributed by atoms with Crippen LogP contribution in [0.2, 0.25) is 0 Å². The Balaban J connectivity index is 1.42. The summed E-state index contributed by atoms with van der Waals surface area (Å²) < 4.78 is 0. The molecule has 26 nitrogen and oxygen atoms in total. The predicted octanol–water partition coefficient (Wildman–Crippen LogP) is -1.31. The molecule has 0 aliphatic rings. The number of carbonyl (C=O) groups is 11. The highest BCUT2D eigenvalue weighted by atomic mass is 32.1. The van der Waals surface area contributed by atoms with Crippen LogP contribution < -0.4 is 65.1 Å². The van der Waals surface area contributed by atoms with Crippen molar-refractivity contribution >= 4 is 88.5 Å². The van der Waals surface area contributed by atoms with Gasteiger partial charge in [0.25, 0.3) is 0 Å². The number of amides is 11. The van der Waals surface area contributed by atoms with E-state index in [1.54, 1.807) is 50.4 Å². The van der Waals surface area contributed by atoms with Gasteiger partial charge in [0.1, 0.15) is 48.3 Å². The monoisotopic (exact) mass is 1170 g/mol. The van der Waals surface area contributed by atoms with E-state index in [0.717, 1.165) is 16.5 Å². The van der Waals surface area contributed by atoms with E-state index in [2.05, 4.69) is 75.4 Å². The van der Waals surface area contributed by atoms with E-state index in [4.69, 9.17) is 17.2 Å². The Hall–Kier alpha value is -8.33. The molecule has 0 radical (unpaired) electrons. The van der Waals surface area contributed by atoms with Crippen LogP contribution in [-0.2, 0) is 72.0 Å². The molecule has 27 heteroatoms. The first kappa shape index (κ1) is 67.2. The van der Waals surface area contributed by atoms with E-state index in [9.17, 15) is 52.7 Å². The molecule has 2 aromatic heterocycles. The fraction of sp³-hybridized carbons (Fsp3) is 0.500. The molecule has 0 saturated heterocycles. The average Bonchev–Trinajstić information content (AvgIpc) is 4.37. The number of carbonyl (C=O) groups excluding carboxylic acids is 11. The summed E-state index contributed by atoms with van der Waals surface area (Å²) in [4.78, 5) is 158. The number of nitrogens with zero attached hydrogens (tertiary/aromatic N) is 1. The van der Waals surface area contributed by atoms with E-state index in [-0.39, 0.29) is 62.5 Å². The molecule has 83 heavy (non-hydrogen) atoms. The SMILES string of the molecule is CC(C)C[C@H](NC(=O)[C@H](CC(C)C)NC(=O)[C@H](Cc1cnc[nH]1)NC(=O)[C@H](CS)NC(=O)CNC(=O)[C@@H](NC(=O)[C@H](C)NC(=O)[C@H](Cc1c[nH]c2ccccc12)NC(=O)[C@H](CCC(N)=O)NC(=O)[C@H](N)Cc1ccccc1)C(C)C)C(N)=O. The van der Waals surface area contributed by atoms with Crippen molar-refractivity contribution in [3.63, 3.8) is 0 Å². The Kier molecular flexibility index (Phi) is 26.7. The number of primary amides is 2. The molecule has 2 aromatic carbocycles. The summed E-state index contributed by atoms with van der Waals surface area (Å²) >= 11 is 4.25. The number of benzene rings is 2. The topological polar surface area (TPSA) is 419 Å². The van der Waals surface area contributed by atoms with Crippen LogP contribution in [0.4, 0.5) is 0 Å². The summed E-state index contributed by atoms with van der Waals surface area (Å²) in [5.74, 6) is -9.44. The summed E-state index contributed by atoms with van der Waals surface area (Å²) in [5.41, 5.74) is 19.8. The number of hydrogen-bond acceptors (Lipinski definition) is 14. The van der Waals surface area contributed by atoms with Crippen molar-refractivity contribution in [3.8, 4) is 0 Å². The Morgan fingerprint density at radius 1 is 0.566 bits per heavy atom. The number of nitrogens with one attached hydrogen (secondary N) is 11. The first-order valence-electron chi connectivity index (χ1n) is 27.5. The number of rotatable bonds is 34. The summed E-state index contributed by atoms with van der Waals surface area (Å²) in [6.07, 6.45) is 4.30. The van der Waals surface area contributed by atoms with Crippen molar-refractivity contribution in [2.24, 2.45) is 35.0 Å². The molecule has 4 rings (SSSR count). The van der Waals surface area contributed by atoms with Gasteiger partial charge >= 0.3 is 0 Å². The fourth-order valence-corrected chi connectivity index (χ4v) is 9.03. The molecule has 17 N–H and O–H groups in total. The van der Waals surface area contributed by atoms with Crippen molar-refractivity contribution in [1.29, 1.82) is 0 Å². The van der Waals surface area contributed by atoms with E-state index in [1.807, 2.05) is 52.0 Å². The van der Waals surface area contributed by atoms with Crippen molar-refractivity contribution in [3.05, 3.63) is 90.1 Å². The van der Waals surface area contributed by atoms with Gasteiger partial charge in [0.05, 0.1) is 18.9 Å². The average molecular weight is 1170 g/mol. The Bertz CT molecular complexity index is 2860. The van der Waals surface area contributed by atoms with Gasteiger partial charge in [0, 0.05) is 54.0 Å². The highest BCUT2D eigenvalue weighted by Crippen LogP contribution is 2.20. The minimum Gasteiger partial charge on any atom is -0.370 e. The lowest BCUT2D eigenvalue weighted by Crippen LogP contribution is -2.60. The van der Waals surface area contributed by atoms with Crippen LogP contribution in [0.1, 0.15) is 91.0 Å². The summed E-state index contributed by atoms with van der Waals surface area (Å²) in [5, 5.41) is 24.1. The van der Waals surface area contributed by atoms with Gasteiger partial charge in [0.2, 0.25) is 65.0 Å². The van der Waals surface area contributed by atoms with Crippen LogP contribution >= 0.6 is 12.6 Å². The number of para-hydroxylation sites is 1. The third-order valence-electron chi connectivity index (χ3n) is 13.3. The second-order valence-corrected chi connectivity index (χ2v) is 22.0. The molecular weight excluding hydrogens is 1090 g/mol. The smallest absolute Gasteiger partial charge is 0.244 e. The van der Waals surface area contributed by atoms with Crippen LogP contribution in [0, 0.1) is 17.8 Å². The molecule has 0 aliphatic heterocycles. The molecule has 0 bridgehead atoms. The van der Waals surface area contributed by atoms with Gasteiger partial charge in [-0.15, -0.1) is 0 Å². The zero-order valence-electron chi connectivity index (χ0n) is 47.8. The lowest BCUT2D eigenvalue weighted by molar-refractivity contribution is -0.135. The van der Waals surface area contributed by atoms with Gasteiger partial charge in [-0.25, -0.2) is 4.98 Å². The second-order valence-electron chi connectivity index (χ2n) is 21.6. The quantitative estimate of drug-likeness (QED) is 0.0242. The normalized spacial score (nSPS) is 14.6. The molecule has 0 saturated carbocycles. The van der Waals surface area contributed by atoms with Crippen molar-refractivity contribution in [2.45, 2.75) is 148 Å². The largest absolute Gasteiger partial charge is 0.370 e. The Morgan fingerprint density at radius 2 is 1.12 bits per heavy atom. The van der Waals surface area contributed by atoms with E-state index in [0.29, 0.717) is 11.3 Å². The first-order valence-corrected chi connectivity index (χ1v) is 28.1. The van der Waals surface area contributed by atoms with E-state index in [1.165, 1.54) is 19.4 Å². The number of aromatic nitrogens is 3. The number of hydrogen-bond donors (Lipinski definition) is 15. The van der Waals surface area contributed by atoms with Crippen molar-refractivity contribution < 1.29 is 52.7 Å². The molecule has 0 spiro atoms. The van der Waals surface area contributed by atoms with Crippen LogP contribution in [0.25, 0.3) is 10.9 Å². The second kappa shape index (κ2) is 32.9. The zero-order valence-corrected chi connectivity index (χ0v) is 48.7. The maximum Gasteiger partial charge on any atom is 0.244 e. The minimum absolute atomic E-state index is 0.0129. The van der Waals surface area contributed by atoms with E-state index >= 15 is 0 Å². The number of H-pyrrole nitrogens is 2.